The highest BCUT2D eigenvalue weighted by molar-refractivity contribution is 5.91. The van der Waals surface area contributed by atoms with E-state index in [2.05, 4.69) is 10.3 Å². The topological polar surface area (TPSA) is 62.2 Å². The van der Waals surface area contributed by atoms with Gasteiger partial charge in [-0.2, -0.15) is 0 Å². The van der Waals surface area contributed by atoms with Crippen molar-refractivity contribution in [2.45, 2.75) is 19.4 Å². The maximum absolute atomic E-state index is 11.4. The molecular weight excluding hydrogens is 204 g/mol. The summed E-state index contributed by atoms with van der Waals surface area (Å²) in [6.07, 6.45) is 7.19. The maximum atomic E-state index is 11.4. The lowest BCUT2D eigenvalue weighted by Gasteiger charge is -2.11. The van der Waals surface area contributed by atoms with E-state index in [4.69, 9.17) is 5.11 Å². The highest BCUT2D eigenvalue weighted by Gasteiger charge is 2.05. The molecule has 1 aromatic rings. The zero-order chi connectivity index (χ0) is 11.8. The quantitative estimate of drug-likeness (QED) is 0.727. The van der Waals surface area contributed by atoms with E-state index < -0.39 is 0 Å². The Morgan fingerprint density at radius 1 is 1.69 bits per heavy atom. The van der Waals surface area contributed by atoms with E-state index in [-0.39, 0.29) is 18.6 Å². The second kappa shape index (κ2) is 6.74. The van der Waals surface area contributed by atoms with Crippen LogP contribution >= 0.6 is 0 Å². The molecule has 1 rings (SSSR count). The van der Waals surface area contributed by atoms with Crippen molar-refractivity contribution in [1.29, 1.82) is 0 Å². The third-order valence-corrected chi connectivity index (χ3v) is 2.17. The van der Waals surface area contributed by atoms with Crippen molar-refractivity contribution < 1.29 is 9.90 Å². The number of pyridine rings is 1. The number of aliphatic hydroxyl groups is 1. The summed E-state index contributed by atoms with van der Waals surface area (Å²) in [7, 11) is 0. The van der Waals surface area contributed by atoms with Crippen LogP contribution in [0.15, 0.2) is 30.6 Å². The van der Waals surface area contributed by atoms with Gasteiger partial charge in [0.25, 0.3) is 0 Å². The number of hydrogen-bond donors (Lipinski definition) is 2. The van der Waals surface area contributed by atoms with E-state index in [1.807, 2.05) is 13.0 Å². The number of carbonyl (C=O) groups is 1. The Kier molecular flexibility index (Phi) is 5.22. The summed E-state index contributed by atoms with van der Waals surface area (Å²) in [4.78, 5) is 15.3. The SMILES string of the molecule is CC[C@H](CO)NC(=O)/C=C/c1cccnc1. The first-order valence-corrected chi connectivity index (χ1v) is 5.25. The molecule has 1 atom stereocenters. The average Bonchev–Trinajstić information content (AvgIpc) is 2.34. The number of aliphatic hydroxyl groups excluding tert-OH is 1. The zero-order valence-corrected chi connectivity index (χ0v) is 9.26. The van der Waals surface area contributed by atoms with Crippen molar-refractivity contribution in [3.63, 3.8) is 0 Å². The van der Waals surface area contributed by atoms with Gasteiger partial charge >= 0.3 is 0 Å². The van der Waals surface area contributed by atoms with E-state index in [0.717, 1.165) is 5.56 Å². The lowest BCUT2D eigenvalue weighted by atomic mass is 10.2. The molecule has 0 unspecified atom stereocenters. The number of nitrogens with one attached hydrogen (secondary N) is 1. The van der Waals surface area contributed by atoms with Crippen LogP contribution in [0.5, 0.6) is 0 Å². The molecule has 0 aromatic carbocycles. The van der Waals surface area contributed by atoms with Gasteiger partial charge in [-0.1, -0.05) is 13.0 Å². The van der Waals surface area contributed by atoms with E-state index in [1.165, 1.54) is 6.08 Å². The van der Waals surface area contributed by atoms with Crippen LogP contribution in [0.4, 0.5) is 0 Å². The van der Waals surface area contributed by atoms with E-state index in [9.17, 15) is 4.79 Å². The average molecular weight is 220 g/mol. The van der Waals surface area contributed by atoms with Crippen LogP contribution in [0.25, 0.3) is 6.08 Å². The molecule has 0 bridgehead atoms. The van der Waals surface area contributed by atoms with Gasteiger partial charge in [0.15, 0.2) is 0 Å². The summed E-state index contributed by atoms with van der Waals surface area (Å²) in [6.45, 7) is 1.87. The summed E-state index contributed by atoms with van der Waals surface area (Å²) >= 11 is 0. The Morgan fingerprint density at radius 2 is 2.50 bits per heavy atom. The summed E-state index contributed by atoms with van der Waals surface area (Å²) in [5.41, 5.74) is 0.870. The van der Waals surface area contributed by atoms with Crippen molar-refractivity contribution in [2.75, 3.05) is 6.61 Å². The summed E-state index contributed by atoms with van der Waals surface area (Å²) in [5.74, 6) is -0.204. The number of aromatic nitrogens is 1. The van der Waals surface area contributed by atoms with E-state index in [1.54, 1.807) is 24.5 Å². The van der Waals surface area contributed by atoms with E-state index in [0.29, 0.717) is 6.42 Å². The lowest BCUT2D eigenvalue weighted by molar-refractivity contribution is -0.117. The Hall–Kier alpha value is -1.68. The summed E-state index contributed by atoms with van der Waals surface area (Å²) < 4.78 is 0. The third-order valence-electron chi connectivity index (χ3n) is 2.17. The Bertz CT molecular complexity index is 345. The predicted octanol–water partition coefficient (Wildman–Crippen LogP) is 0.982. The van der Waals surface area contributed by atoms with Gasteiger partial charge in [-0.3, -0.25) is 9.78 Å². The summed E-state index contributed by atoms with van der Waals surface area (Å²) in [5, 5.41) is 11.6. The Morgan fingerprint density at radius 3 is 3.06 bits per heavy atom. The number of amides is 1. The molecule has 86 valence electrons. The number of nitrogens with zero attached hydrogens (tertiary/aromatic N) is 1. The monoisotopic (exact) mass is 220 g/mol. The summed E-state index contributed by atoms with van der Waals surface area (Å²) in [6, 6.07) is 3.49. The van der Waals surface area contributed by atoms with Crippen LogP contribution in [0.1, 0.15) is 18.9 Å². The van der Waals surface area contributed by atoms with Gasteiger partial charge < -0.3 is 10.4 Å². The van der Waals surface area contributed by atoms with Crippen LogP contribution in [0.2, 0.25) is 0 Å². The highest BCUT2D eigenvalue weighted by atomic mass is 16.3. The molecule has 4 nitrogen and oxygen atoms in total. The molecule has 16 heavy (non-hydrogen) atoms. The normalized spacial score (nSPS) is 12.6. The molecule has 0 aliphatic heterocycles. The molecule has 2 N–H and O–H groups in total. The first-order valence-electron chi connectivity index (χ1n) is 5.25. The van der Waals surface area contributed by atoms with Gasteiger partial charge in [0, 0.05) is 18.5 Å². The van der Waals surface area contributed by atoms with Gasteiger partial charge in [-0.15, -0.1) is 0 Å². The van der Waals surface area contributed by atoms with Crippen LogP contribution in [-0.2, 0) is 4.79 Å². The molecule has 0 saturated carbocycles. The Labute approximate surface area is 95.0 Å². The van der Waals surface area contributed by atoms with Crippen molar-refractivity contribution in [3.8, 4) is 0 Å². The van der Waals surface area contributed by atoms with Crippen LogP contribution in [0, 0.1) is 0 Å². The van der Waals surface area contributed by atoms with Crippen molar-refractivity contribution >= 4 is 12.0 Å². The second-order valence-electron chi connectivity index (χ2n) is 3.42. The molecular formula is C12H16N2O2. The number of hydrogen-bond acceptors (Lipinski definition) is 3. The second-order valence-corrected chi connectivity index (χ2v) is 3.42. The van der Waals surface area contributed by atoms with E-state index >= 15 is 0 Å². The van der Waals surface area contributed by atoms with Gasteiger partial charge in [0.05, 0.1) is 12.6 Å². The zero-order valence-electron chi connectivity index (χ0n) is 9.26. The molecule has 1 amide bonds. The molecule has 0 aliphatic carbocycles. The molecule has 4 heteroatoms. The van der Waals surface area contributed by atoms with Gasteiger partial charge in [-0.05, 0) is 24.1 Å². The lowest BCUT2D eigenvalue weighted by Crippen LogP contribution is -2.35. The Balaban J connectivity index is 2.48. The molecule has 1 heterocycles. The minimum atomic E-state index is -0.204. The standard InChI is InChI=1S/C12H16N2O2/c1-2-11(9-15)14-12(16)6-5-10-4-3-7-13-8-10/h3-8,11,15H,2,9H2,1H3,(H,14,16)/b6-5+/t11-/m1/s1. The molecule has 0 saturated heterocycles. The molecule has 0 radical (unpaired) electrons. The first-order chi connectivity index (χ1) is 7.76. The fourth-order valence-corrected chi connectivity index (χ4v) is 1.17. The number of rotatable bonds is 5. The number of carbonyl (C=O) groups excluding carboxylic acids is 1. The largest absolute Gasteiger partial charge is 0.394 e. The third kappa shape index (κ3) is 4.23. The van der Waals surface area contributed by atoms with Crippen LogP contribution < -0.4 is 5.32 Å². The smallest absolute Gasteiger partial charge is 0.244 e. The fourth-order valence-electron chi connectivity index (χ4n) is 1.17. The van der Waals surface area contributed by atoms with Gasteiger partial charge in [0.2, 0.25) is 5.91 Å². The maximum Gasteiger partial charge on any atom is 0.244 e. The highest BCUT2D eigenvalue weighted by Crippen LogP contribution is 1.98. The predicted molar refractivity (Wildman–Crippen MR) is 62.6 cm³/mol. The van der Waals surface area contributed by atoms with Gasteiger partial charge in [0.1, 0.15) is 0 Å². The minimum Gasteiger partial charge on any atom is -0.394 e. The molecule has 0 spiro atoms. The van der Waals surface area contributed by atoms with Crippen LogP contribution in [-0.4, -0.2) is 28.6 Å². The minimum absolute atomic E-state index is 0.0387. The first kappa shape index (κ1) is 12.4. The fraction of sp³-hybridized carbons (Fsp3) is 0.333. The van der Waals surface area contributed by atoms with Crippen molar-refractivity contribution in [1.82, 2.24) is 10.3 Å². The molecule has 1 aromatic heterocycles. The van der Waals surface area contributed by atoms with Gasteiger partial charge in [-0.25, -0.2) is 0 Å². The molecule has 0 fully saturated rings. The van der Waals surface area contributed by atoms with Crippen molar-refractivity contribution in [3.05, 3.63) is 36.2 Å². The van der Waals surface area contributed by atoms with Crippen LogP contribution in [0.3, 0.4) is 0 Å². The molecule has 0 aliphatic rings. The van der Waals surface area contributed by atoms with Crippen molar-refractivity contribution in [2.24, 2.45) is 0 Å².